The molecule has 1 amide bonds. The van der Waals surface area contributed by atoms with Crippen LogP contribution in [-0.2, 0) is 27.4 Å². The van der Waals surface area contributed by atoms with Gasteiger partial charge in [0.05, 0.1) is 38.3 Å². The predicted molar refractivity (Wildman–Crippen MR) is 169 cm³/mol. The summed E-state index contributed by atoms with van der Waals surface area (Å²) in [5, 5.41) is 31.4. The Morgan fingerprint density at radius 3 is 2.52 bits per heavy atom. The maximum Gasteiger partial charge on any atom is 0.305 e. The molecule has 46 heavy (non-hydrogen) atoms. The molecule has 0 aliphatic carbocycles. The van der Waals surface area contributed by atoms with E-state index in [1.54, 1.807) is 24.1 Å². The van der Waals surface area contributed by atoms with Crippen molar-refractivity contribution in [1.29, 1.82) is 0 Å². The highest BCUT2D eigenvalue weighted by Crippen LogP contribution is 2.25. The molecule has 1 aromatic heterocycles. The summed E-state index contributed by atoms with van der Waals surface area (Å²) < 4.78 is 25.7. The maximum atomic E-state index is 14.8. The molecular weight excluding hydrogens is 597 g/mol. The van der Waals surface area contributed by atoms with Crippen LogP contribution in [-0.4, -0.2) is 107 Å². The minimum absolute atomic E-state index is 0.00182. The number of hydrogen-bond acceptors (Lipinski definition) is 10. The number of aliphatic hydroxyl groups is 2. The van der Waals surface area contributed by atoms with E-state index in [0.29, 0.717) is 63.0 Å². The van der Waals surface area contributed by atoms with E-state index in [2.05, 4.69) is 20.2 Å². The number of carboxylic acids is 1. The highest BCUT2D eigenvalue weighted by molar-refractivity contribution is 5.79. The Morgan fingerprint density at radius 2 is 1.85 bits per heavy atom. The van der Waals surface area contributed by atoms with E-state index in [1.165, 1.54) is 6.07 Å². The number of carboxylic acid groups (broad SMARTS) is 1. The zero-order chi connectivity index (χ0) is 32.9. The summed E-state index contributed by atoms with van der Waals surface area (Å²) in [5.74, 6) is 0.456. The number of carbonyl (C=O) groups is 2. The second-order valence-corrected chi connectivity index (χ2v) is 12.5. The summed E-state index contributed by atoms with van der Waals surface area (Å²) in [6.07, 6.45) is 5.88. The van der Waals surface area contributed by atoms with Crippen LogP contribution in [0.5, 0.6) is 5.75 Å². The van der Waals surface area contributed by atoms with Gasteiger partial charge in [-0.05, 0) is 62.6 Å². The van der Waals surface area contributed by atoms with Gasteiger partial charge in [-0.25, -0.2) is 14.4 Å². The molecule has 4 N–H and O–H groups in total. The van der Waals surface area contributed by atoms with E-state index in [0.717, 1.165) is 50.3 Å². The van der Waals surface area contributed by atoms with Crippen LogP contribution in [0.1, 0.15) is 56.1 Å². The molecule has 3 heterocycles. The van der Waals surface area contributed by atoms with Crippen LogP contribution in [0.4, 0.5) is 10.3 Å². The van der Waals surface area contributed by atoms with Crippen LogP contribution in [0.3, 0.4) is 0 Å². The summed E-state index contributed by atoms with van der Waals surface area (Å²) in [4.78, 5) is 36.1. The summed E-state index contributed by atoms with van der Waals surface area (Å²) in [5.41, 5.74) is 1.31. The number of benzene rings is 1. The molecule has 0 radical (unpaired) electrons. The number of aromatic nitrogens is 2. The lowest BCUT2D eigenvalue weighted by Crippen LogP contribution is -2.53. The number of aliphatic carboxylic acids is 1. The summed E-state index contributed by atoms with van der Waals surface area (Å²) in [6, 6.07) is 4.71. The maximum absolute atomic E-state index is 14.8. The fourth-order valence-electron chi connectivity index (χ4n) is 5.97. The second kappa shape index (κ2) is 18.1. The van der Waals surface area contributed by atoms with Crippen LogP contribution in [0, 0.1) is 17.7 Å². The summed E-state index contributed by atoms with van der Waals surface area (Å²) >= 11 is 0. The predicted octanol–water partition coefficient (Wildman–Crippen LogP) is 2.40. The molecule has 2 saturated heterocycles. The lowest BCUT2D eigenvalue weighted by atomic mass is 9.92. The number of ether oxygens (including phenoxy) is 2. The third-order valence-corrected chi connectivity index (χ3v) is 8.64. The van der Waals surface area contributed by atoms with Crippen molar-refractivity contribution in [2.75, 3.05) is 57.9 Å². The van der Waals surface area contributed by atoms with Gasteiger partial charge in [-0.2, -0.15) is 0 Å². The fourth-order valence-corrected chi connectivity index (χ4v) is 5.97. The monoisotopic (exact) mass is 645 g/mol. The van der Waals surface area contributed by atoms with E-state index < -0.39 is 24.0 Å². The van der Waals surface area contributed by atoms with Crippen molar-refractivity contribution in [1.82, 2.24) is 20.2 Å². The van der Waals surface area contributed by atoms with Gasteiger partial charge in [0, 0.05) is 69.8 Å². The van der Waals surface area contributed by atoms with Crippen molar-refractivity contribution in [3.63, 3.8) is 0 Å². The number of nitrogens with one attached hydrogen (secondary N) is 1. The molecule has 0 unspecified atom stereocenters. The van der Waals surface area contributed by atoms with Gasteiger partial charge in [0.2, 0.25) is 11.9 Å². The minimum Gasteiger partial charge on any atom is -0.493 e. The van der Waals surface area contributed by atoms with Crippen molar-refractivity contribution in [2.24, 2.45) is 11.8 Å². The number of anilines is 1. The van der Waals surface area contributed by atoms with Crippen LogP contribution in [0.2, 0.25) is 0 Å². The molecule has 13 heteroatoms. The molecule has 0 saturated carbocycles. The Labute approximate surface area is 269 Å². The highest BCUT2D eigenvalue weighted by Gasteiger charge is 2.30. The van der Waals surface area contributed by atoms with Crippen LogP contribution < -0.4 is 15.0 Å². The minimum atomic E-state index is -1.10. The molecular formula is C33H48FN5O7. The first-order valence-electron chi connectivity index (χ1n) is 16.2. The van der Waals surface area contributed by atoms with Gasteiger partial charge in [0.25, 0.3) is 0 Å². The Kier molecular flexibility index (Phi) is 13.9. The SMILES string of the molecule is COCc1cnc(N2CCC(CCCOc3ccc(CC(=O)N4CC(CNCC[C@@H](O)C[C@@H](O)CC(=O)O)C4)c(F)c3)CC2)nc1. The zero-order valence-electron chi connectivity index (χ0n) is 26.7. The molecule has 254 valence electrons. The third kappa shape index (κ3) is 11.4. The number of piperidine rings is 1. The van der Waals surface area contributed by atoms with Crippen molar-refractivity contribution in [2.45, 2.75) is 70.2 Å². The first kappa shape index (κ1) is 35.5. The Hall–Kier alpha value is -3.39. The number of likely N-dealkylation sites (tertiary alicyclic amines) is 1. The Bertz CT molecular complexity index is 1240. The smallest absolute Gasteiger partial charge is 0.305 e. The summed E-state index contributed by atoms with van der Waals surface area (Å²) in [7, 11) is 1.65. The number of hydrogen-bond donors (Lipinski definition) is 4. The average molecular weight is 646 g/mol. The Morgan fingerprint density at radius 1 is 1.11 bits per heavy atom. The number of methoxy groups -OCH3 is 1. The van der Waals surface area contributed by atoms with E-state index >= 15 is 0 Å². The number of amides is 1. The third-order valence-electron chi connectivity index (χ3n) is 8.64. The molecule has 2 atom stereocenters. The number of aliphatic hydroxyl groups excluding tert-OH is 2. The van der Waals surface area contributed by atoms with Gasteiger partial charge in [0.1, 0.15) is 11.6 Å². The standard InChI is InChI=1S/C33H48FN5O7/c1-45-22-24-18-36-33(37-19-24)38-10-7-23(8-11-38)3-2-12-46-29-5-4-26(30(34)16-29)13-31(42)39-20-25(21-39)17-35-9-6-27(40)14-28(41)15-32(43)44/h4-5,16,18-19,23,25,27-28,35,40-41H,2-3,6-15,17,20-22H2,1H3,(H,43,44)/t27-,28-/m1/s1. The largest absolute Gasteiger partial charge is 0.493 e. The highest BCUT2D eigenvalue weighted by atomic mass is 19.1. The lowest BCUT2D eigenvalue weighted by molar-refractivity contribution is -0.139. The van der Waals surface area contributed by atoms with Gasteiger partial charge in [0.15, 0.2) is 0 Å². The molecule has 2 aromatic rings. The Balaban J connectivity index is 1.05. The van der Waals surface area contributed by atoms with Gasteiger partial charge in [-0.15, -0.1) is 0 Å². The normalized spacial score (nSPS) is 17.0. The lowest BCUT2D eigenvalue weighted by Gasteiger charge is -2.39. The van der Waals surface area contributed by atoms with E-state index in [9.17, 15) is 24.2 Å². The number of rotatable bonds is 19. The van der Waals surface area contributed by atoms with Crippen molar-refractivity contribution in [3.8, 4) is 5.75 Å². The molecule has 0 spiro atoms. The van der Waals surface area contributed by atoms with E-state index in [-0.39, 0.29) is 31.1 Å². The van der Waals surface area contributed by atoms with Gasteiger partial charge in [-0.3, -0.25) is 9.59 Å². The molecule has 2 aliphatic rings. The first-order chi connectivity index (χ1) is 22.2. The van der Waals surface area contributed by atoms with Crippen molar-refractivity contribution in [3.05, 3.63) is 47.5 Å². The number of carbonyl (C=O) groups excluding carboxylic acids is 1. The number of halogens is 1. The summed E-state index contributed by atoms with van der Waals surface area (Å²) in [6.45, 7) is 5.23. The van der Waals surface area contributed by atoms with Crippen molar-refractivity contribution >= 4 is 17.8 Å². The quantitative estimate of drug-likeness (QED) is 0.166. The van der Waals surface area contributed by atoms with Gasteiger partial charge < -0.3 is 39.9 Å². The average Bonchev–Trinajstić information content (AvgIpc) is 3.00. The van der Waals surface area contributed by atoms with Crippen LogP contribution in [0.15, 0.2) is 30.6 Å². The van der Waals surface area contributed by atoms with Crippen LogP contribution in [0.25, 0.3) is 0 Å². The molecule has 4 rings (SSSR count). The van der Waals surface area contributed by atoms with E-state index in [4.69, 9.17) is 14.6 Å². The zero-order valence-corrected chi connectivity index (χ0v) is 26.7. The molecule has 2 aliphatic heterocycles. The topological polar surface area (TPSA) is 158 Å². The fraction of sp³-hybridized carbons (Fsp3) is 0.636. The molecule has 1 aromatic carbocycles. The molecule has 2 fully saturated rings. The second-order valence-electron chi connectivity index (χ2n) is 12.5. The van der Waals surface area contributed by atoms with Crippen molar-refractivity contribution < 1.29 is 38.8 Å². The van der Waals surface area contributed by atoms with Gasteiger partial charge >= 0.3 is 5.97 Å². The van der Waals surface area contributed by atoms with E-state index in [1.807, 2.05) is 12.4 Å². The van der Waals surface area contributed by atoms with Crippen LogP contribution >= 0.6 is 0 Å². The molecule has 0 bridgehead atoms. The van der Waals surface area contributed by atoms with Gasteiger partial charge in [-0.1, -0.05) is 6.07 Å². The molecule has 12 nitrogen and oxygen atoms in total. The number of nitrogens with zero attached hydrogens (tertiary/aromatic N) is 4. The first-order valence-corrected chi connectivity index (χ1v) is 16.2.